The van der Waals surface area contributed by atoms with Gasteiger partial charge in [0.1, 0.15) is 6.23 Å². The van der Waals surface area contributed by atoms with Crippen molar-refractivity contribution >= 4 is 0 Å². The van der Waals surface area contributed by atoms with Crippen LogP contribution in [0.15, 0.2) is 0 Å². The highest BCUT2D eigenvalue weighted by atomic mass is 16.3. The predicted molar refractivity (Wildman–Crippen MR) is 21.6 cm³/mol. The smallest absolute Gasteiger partial charge is 0.107 e. The summed E-state index contributed by atoms with van der Waals surface area (Å²) in [5, 5.41) is 16.1. The first-order chi connectivity index (χ1) is 2.77. The van der Waals surface area contributed by atoms with Crippen LogP contribution in [-0.4, -0.2) is 23.0 Å². The molecule has 0 aliphatic heterocycles. The Labute approximate surface area is 36.4 Å². The van der Waals surface area contributed by atoms with E-state index in [1.165, 1.54) is 6.42 Å². The molecule has 0 aliphatic carbocycles. The standard InChI is InChI=1S/C3H8NO2/c4-3(6)1-2-5/h1,3,5-6H,2,4H2. The second-order valence-electron chi connectivity index (χ2n) is 0.909. The summed E-state index contributed by atoms with van der Waals surface area (Å²) >= 11 is 0. The second-order valence-corrected chi connectivity index (χ2v) is 0.909. The van der Waals surface area contributed by atoms with E-state index in [1.807, 2.05) is 0 Å². The average Bonchev–Trinajstić information content (AvgIpc) is 1.35. The fourth-order valence-corrected chi connectivity index (χ4v) is 0.108. The monoisotopic (exact) mass is 90.1 g/mol. The van der Waals surface area contributed by atoms with Gasteiger partial charge < -0.3 is 15.9 Å². The Morgan fingerprint density at radius 1 is 1.83 bits per heavy atom. The molecule has 0 amide bonds. The van der Waals surface area contributed by atoms with Crippen LogP contribution in [0.3, 0.4) is 0 Å². The van der Waals surface area contributed by atoms with E-state index in [4.69, 9.17) is 15.9 Å². The van der Waals surface area contributed by atoms with Gasteiger partial charge in [-0.1, -0.05) is 0 Å². The van der Waals surface area contributed by atoms with E-state index in [9.17, 15) is 0 Å². The minimum atomic E-state index is -0.977. The molecular formula is C3H8NO2. The van der Waals surface area contributed by atoms with Gasteiger partial charge in [-0.15, -0.1) is 0 Å². The molecule has 3 heteroatoms. The van der Waals surface area contributed by atoms with Gasteiger partial charge in [0, 0.05) is 6.42 Å². The lowest BCUT2D eigenvalue weighted by Crippen LogP contribution is -2.20. The van der Waals surface area contributed by atoms with Crippen LogP contribution in [0.1, 0.15) is 0 Å². The van der Waals surface area contributed by atoms with E-state index in [1.54, 1.807) is 0 Å². The maximum atomic E-state index is 8.11. The molecule has 1 atom stereocenters. The number of aliphatic hydroxyl groups is 2. The van der Waals surface area contributed by atoms with Crippen molar-refractivity contribution < 1.29 is 10.2 Å². The number of rotatable bonds is 2. The molecule has 6 heavy (non-hydrogen) atoms. The van der Waals surface area contributed by atoms with Crippen molar-refractivity contribution in [3.63, 3.8) is 0 Å². The van der Waals surface area contributed by atoms with Crippen molar-refractivity contribution in [2.75, 3.05) is 6.61 Å². The SMILES string of the molecule is NC(O)[CH]CO. The zero-order valence-corrected chi connectivity index (χ0v) is 3.33. The van der Waals surface area contributed by atoms with Crippen molar-refractivity contribution in [2.24, 2.45) is 5.73 Å². The van der Waals surface area contributed by atoms with E-state index in [2.05, 4.69) is 0 Å². The molecule has 1 radical (unpaired) electrons. The third kappa shape index (κ3) is 3.88. The molecule has 37 valence electrons. The van der Waals surface area contributed by atoms with Gasteiger partial charge in [0.05, 0.1) is 6.61 Å². The first-order valence-electron chi connectivity index (χ1n) is 1.65. The molecule has 0 heterocycles. The topological polar surface area (TPSA) is 66.5 Å². The summed E-state index contributed by atoms with van der Waals surface area (Å²) in [4.78, 5) is 0. The van der Waals surface area contributed by atoms with E-state index < -0.39 is 6.23 Å². The maximum absolute atomic E-state index is 8.11. The van der Waals surface area contributed by atoms with Crippen LogP contribution in [0.5, 0.6) is 0 Å². The summed E-state index contributed by atoms with van der Waals surface area (Å²) in [6, 6.07) is 0. The molecule has 0 aliphatic rings. The fraction of sp³-hybridized carbons (Fsp3) is 0.667. The van der Waals surface area contributed by atoms with Gasteiger partial charge in [0.2, 0.25) is 0 Å². The second kappa shape index (κ2) is 3.08. The van der Waals surface area contributed by atoms with Crippen LogP contribution in [0.4, 0.5) is 0 Å². The van der Waals surface area contributed by atoms with Crippen LogP contribution in [-0.2, 0) is 0 Å². The average molecular weight is 90.1 g/mol. The largest absolute Gasteiger partial charge is 0.396 e. The van der Waals surface area contributed by atoms with Crippen LogP contribution >= 0.6 is 0 Å². The molecule has 0 bridgehead atoms. The van der Waals surface area contributed by atoms with Gasteiger partial charge in [-0.3, -0.25) is 0 Å². The Balaban J connectivity index is 2.63. The molecule has 0 fully saturated rings. The quantitative estimate of drug-likeness (QED) is 0.360. The lowest BCUT2D eigenvalue weighted by atomic mass is 10.4. The molecule has 1 unspecified atom stereocenters. The summed E-state index contributed by atoms with van der Waals surface area (Å²) in [5.41, 5.74) is 4.74. The molecule has 0 aromatic rings. The maximum Gasteiger partial charge on any atom is 0.107 e. The number of aliphatic hydroxyl groups excluding tert-OH is 2. The molecule has 3 nitrogen and oxygen atoms in total. The summed E-state index contributed by atoms with van der Waals surface area (Å²) in [6.07, 6.45) is 0.204. The van der Waals surface area contributed by atoms with Crippen molar-refractivity contribution in [1.82, 2.24) is 0 Å². The Kier molecular flexibility index (Phi) is 3.02. The molecule has 0 aromatic carbocycles. The first kappa shape index (κ1) is 5.88. The summed E-state index contributed by atoms with van der Waals surface area (Å²) in [5.74, 6) is 0. The zero-order valence-electron chi connectivity index (χ0n) is 3.33. The van der Waals surface area contributed by atoms with Crippen molar-refractivity contribution in [3.8, 4) is 0 Å². The Morgan fingerprint density at radius 2 is 2.33 bits per heavy atom. The van der Waals surface area contributed by atoms with Gasteiger partial charge in [-0.2, -0.15) is 0 Å². The van der Waals surface area contributed by atoms with Crippen LogP contribution in [0, 0.1) is 6.42 Å². The van der Waals surface area contributed by atoms with Crippen LogP contribution < -0.4 is 5.73 Å². The zero-order chi connectivity index (χ0) is 4.99. The van der Waals surface area contributed by atoms with Gasteiger partial charge in [-0.05, 0) is 0 Å². The van der Waals surface area contributed by atoms with Crippen molar-refractivity contribution in [2.45, 2.75) is 6.23 Å². The molecule has 0 saturated heterocycles. The summed E-state index contributed by atoms with van der Waals surface area (Å²) in [7, 11) is 0. The third-order valence-electron chi connectivity index (χ3n) is 0.347. The Bertz CT molecular complexity index is 30.0. The molecule has 0 aromatic heterocycles. The van der Waals surface area contributed by atoms with Crippen molar-refractivity contribution in [3.05, 3.63) is 6.42 Å². The van der Waals surface area contributed by atoms with Crippen LogP contribution in [0.2, 0.25) is 0 Å². The fourth-order valence-electron chi connectivity index (χ4n) is 0.108. The minimum Gasteiger partial charge on any atom is -0.396 e. The summed E-state index contributed by atoms with van der Waals surface area (Å²) in [6.45, 7) is -0.169. The van der Waals surface area contributed by atoms with Crippen molar-refractivity contribution in [1.29, 1.82) is 0 Å². The van der Waals surface area contributed by atoms with E-state index in [0.29, 0.717) is 0 Å². The number of hydrogen-bond donors (Lipinski definition) is 3. The van der Waals surface area contributed by atoms with Gasteiger partial charge in [0.25, 0.3) is 0 Å². The molecular weight excluding hydrogens is 82.0 g/mol. The van der Waals surface area contributed by atoms with Gasteiger partial charge in [0.15, 0.2) is 0 Å². The van der Waals surface area contributed by atoms with E-state index >= 15 is 0 Å². The highest BCUT2D eigenvalue weighted by Gasteiger charge is 1.89. The normalized spacial score (nSPS) is 14.5. The Hall–Kier alpha value is -0.120. The highest BCUT2D eigenvalue weighted by Crippen LogP contribution is 1.72. The number of nitrogens with two attached hydrogens (primary N) is 1. The van der Waals surface area contributed by atoms with E-state index in [0.717, 1.165) is 0 Å². The third-order valence-corrected chi connectivity index (χ3v) is 0.347. The first-order valence-corrected chi connectivity index (χ1v) is 1.65. The number of hydrogen-bond acceptors (Lipinski definition) is 3. The highest BCUT2D eigenvalue weighted by molar-refractivity contribution is 4.66. The van der Waals surface area contributed by atoms with Gasteiger partial charge in [-0.25, -0.2) is 0 Å². The summed E-state index contributed by atoms with van der Waals surface area (Å²) < 4.78 is 0. The Morgan fingerprint density at radius 3 is 2.33 bits per heavy atom. The molecule has 0 saturated carbocycles. The lowest BCUT2D eigenvalue weighted by Gasteiger charge is -1.95. The lowest BCUT2D eigenvalue weighted by molar-refractivity contribution is 0.189. The van der Waals surface area contributed by atoms with Crippen LogP contribution in [0.25, 0.3) is 0 Å². The minimum absolute atomic E-state index is 0.169. The molecule has 0 rings (SSSR count). The molecule has 0 spiro atoms. The van der Waals surface area contributed by atoms with E-state index in [-0.39, 0.29) is 6.61 Å². The molecule has 4 N–H and O–H groups in total. The predicted octanol–water partition coefficient (Wildman–Crippen LogP) is -1.54. The van der Waals surface area contributed by atoms with Gasteiger partial charge >= 0.3 is 0 Å².